The maximum absolute atomic E-state index is 12.0. The largest absolute Gasteiger partial charge is 0.497 e. The summed E-state index contributed by atoms with van der Waals surface area (Å²) < 4.78 is 10.5. The van der Waals surface area contributed by atoms with Crippen LogP contribution in [0.3, 0.4) is 0 Å². The summed E-state index contributed by atoms with van der Waals surface area (Å²) in [6, 6.07) is 12.9. The van der Waals surface area contributed by atoms with E-state index in [1.807, 2.05) is 18.2 Å². The van der Waals surface area contributed by atoms with Crippen LogP contribution < -0.4 is 9.47 Å². The van der Waals surface area contributed by atoms with Crippen LogP contribution in [-0.2, 0) is 20.8 Å². The predicted octanol–water partition coefficient (Wildman–Crippen LogP) is 1.33. The van der Waals surface area contributed by atoms with Crippen molar-refractivity contribution in [1.29, 1.82) is 0 Å². The summed E-state index contributed by atoms with van der Waals surface area (Å²) in [5, 5.41) is 14.8. The summed E-state index contributed by atoms with van der Waals surface area (Å²) in [5.41, 5.74) is 0.971. The van der Waals surface area contributed by atoms with Crippen LogP contribution in [-0.4, -0.2) is 65.3 Å². The van der Waals surface area contributed by atoms with Crippen molar-refractivity contribution < 1.29 is 34.1 Å². The average molecular weight is 390 g/mol. The van der Waals surface area contributed by atoms with Crippen molar-refractivity contribution in [1.82, 2.24) is 9.88 Å². The molecule has 0 saturated heterocycles. The van der Waals surface area contributed by atoms with E-state index in [0.29, 0.717) is 12.3 Å². The Morgan fingerprint density at radius 1 is 1.00 bits per heavy atom. The molecule has 0 aliphatic rings. The Bertz CT molecular complexity index is 752. The number of carboxylic acids is 2. The number of aliphatic carboxylic acids is 2. The highest BCUT2D eigenvalue weighted by molar-refractivity contribution is 6.27. The maximum atomic E-state index is 12.0. The van der Waals surface area contributed by atoms with Gasteiger partial charge < -0.3 is 24.6 Å². The third-order valence-corrected chi connectivity index (χ3v) is 3.46. The minimum Gasteiger partial charge on any atom is -0.497 e. The molecular weight excluding hydrogens is 368 g/mol. The van der Waals surface area contributed by atoms with E-state index in [2.05, 4.69) is 4.98 Å². The number of methoxy groups -OCH3 is 1. The second-order valence-corrected chi connectivity index (χ2v) is 5.46. The number of rotatable bonds is 7. The standard InChI is InChI=1S/C17H20N2O3.C2H2O4/c1-19(12-10-14-5-3-4-11-18-14)17(20)13-22-16-8-6-15(21-2)7-9-16;3-1(4)2(5)6/h3-9,11H,10,12-13H2,1-2H3;(H,3,4)(H,5,6). The first kappa shape index (κ1) is 22.4. The van der Waals surface area contributed by atoms with E-state index in [1.165, 1.54) is 0 Å². The second kappa shape index (κ2) is 11.9. The Morgan fingerprint density at radius 3 is 2.11 bits per heavy atom. The molecule has 28 heavy (non-hydrogen) atoms. The first-order chi connectivity index (χ1) is 13.3. The molecule has 1 heterocycles. The van der Waals surface area contributed by atoms with Gasteiger partial charge in [0.15, 0.2) is 6.61 Å². The number of benzene rings is 1. The van der Waals surface area contributed by atoms with Crippen molar-refractivity contribution in [3.05, 3.63) is 54.4 Å². The molecule has 1 amide bonds. The molecule has 0 saturated carbocycles. The van der Waals surface area contributed by atoms with Crippen LogP contribution in [0.5, 0.6) is 11.5 Å². The van der Waals surface area contributed by atoms with E-state index in [0.717, 1.165) is 17.9 Å². The van der Waals surface area contributed by atoms with Crippen molar-refractivity contribution >= 4 is 17.8 Å². The third-order valence-electron chi connectivity index (χ3n) is 3.46. The molecule has 2 N–H and O–H groups in total. The van der Waals surface area contributed by atoms with Crippen LogP contribution >= 0.6 is 0 Å². The molecule has 2 aromatic rings. The molecule has 0 radical (unpaired) electrons. The SMILES string of the molecule is COc1ccc(OCC(=O)N(C)CCc2ccccn2)cc1.O=C(O)C(=O)O. The smallest absolute Gasteiger partial charge is 0.414 e. The fourth-order valence-electron chi connectivity index (χ4n) is 1.88. The van der Waals surface area contributed by atoms with Crippen LogP contribution in [0.2, 0.25) is 0 Å². The van der Waals surface area contributed by atoms with Crippen molar-refractivity contribution in [2.45, 2.75) is 6.42 Å². The molecule has 9 heteroatoms. The molecule has 0 aliphatic heterocycles. The topological polar surface area (TPSA) is 126 Å². The van der Waals surface area contributed by atoms with E-state index in [1.54, 1.807) is 49.5 Å². The molecule has 2 rings (SSSR count). The van der Waals surface area contributed by atoms with Gasteiger partial charge in [0.05, 0.1) is 7.11 Å². The van der Waals surface area contributed by atoms with E-state index < -0.39 is 11.9 Å². The summed E-state index contributed by atoms with van der Waals surface area (Å²) in [4.78, 5) is 36.1. The highest BCUT2D eigenvalue weighted by Gasteiger charge is 2.10. The predicted molar refractivity (Wildman–Crippen MR) is 99.3 cm³/mol. The van der Waals surface area contributed by atoms with Gasteiger partial charge in [0.25, 0.3) is 5.91 Å². The summed E-state index contributed by atoms with van der Waals surface area (Å²) >= 11 is 0. The molecular formula is C19H22N2O7. The maximum Gasteiger partial charge on any atom is 0.414 e. The number of hydrogen-bond acceptors (Lipinski definition) is 6. The van der Waals surface area contributed by atoms with Crippen LogP contribution in [0, 0.1) is 0 Å². The monoisotopic (exact) mass is 390 g/mol. The average Bonchev–Trinajstić information content (AvgIpc) is 2.71. The highest BCUT2D eigenvalue weighted by atomic mass is 16.5. The lowest BCUT2D eigenvalue weighted by Gasteiger charge is -2.17. The molecule has 0 fully saturated rings. The number of aromatic nitrogens is 1. The minimum atomic E-state index is -1.82. The lowest BCUT2D eigenvalue weighted by molar-refractivity contribution is -0.159. The lowest BCUT2D eigenvalue weighted by Crippen LogP contribution is -2.33. The van der Waals surface area contributed by atoms with Crippen molar-refractivity contribution in [2.24, 2.45) is 0 Å². The van der Waals surface area contributed by atoms with E-state index in [-0.39, 0.29) is 12.5 Å². The minimum absolute atomic E-state index is 0.0189. The lowest BCUT2D eigenvalue weighted by atomic mass is 10.2. The number of amides is 1. The number of carbonyl (C=O) groups is 3. The van der Waals surface area contributed by atoms with E-state index in [9.17, 15) is 4.79 Å². The molecule has 0 unspecified atom stereocenters. The second-order valence-electron chi connectivity index (χ2n) is 5.46. The Labute approximate surface area is 162 Å². The molecule has 0 bridgehead atoms. The number of carboxylic acid groups (broad SMARTS) is 2. The summed E-state index contributed by atoms with van der Waals surface area (Å²) in [7, 11) is 3.37. The van der Waals surface area contributed by atoms with Gasteiger partial charge in [-0.3, -0.25) is 9.78 Å². The Balaban J connectivity index is 0.000000568. The van der Waals surface area contributed by atoms with Gasteiger partial charge in [0.1, 0.15) is 11.5 Å². The number of carbonyl (C=O) groups excluding carboxylic acids is 1. The Hall–Kier alpha value is -3.62. The molecule has 0 aliphatic carbocycles. The summed E-state index contributed by atoms with van der Waals surface area (Å²) in [6.07, 6.45) is 2.48. The normalized spacial score (nSPS) is 9.50. The summed E-state index contributed by atoms with van der Waals surface area (Å²) in [6.45, 7) is 0.632. The van der Waals surface area contributed by atoms with Crippen LogP contribution in [0.25, 0.3) is 0 Å². The van der Waals surface area contributed by atoms with Gasteiger partial charge in [-0.25, -0.2) is 9.59 Å². The molecule has 150 valence electrons. The number of pyridine rings is 1. The van der Waals surface area contributed by atoms with Gasteiger partial charge in [0, 0.05) is 31.9 Å². The number of hydrogen-bond donors (Lipinski definition) is 2. The number of nitrogens with zero attached hydrogens (tertiary/aromatic N) is 2. The first-order valence-corrected chi connectivity index (χ1v) is 8.20. The van der Waals surface area contributed by atoms with Gasteiger partial charge in [0.2, 0.25) is 0 Å². The zero-order valence-corrected chi connectivity index (χ0v) is 15.6. The number of ether oxygens (including phenoxy) is 2. The molecule has 9 nitrogen and oxygen atoms in total. The quantitative estimate of drug-likeness (QED) is 0.678. The van der Waals surface area contributed by atoms with Crippen molar-refractivity contribution in [3.63, 3.8) is 0 Å². The number of likely N-dealkylation sites (N-methyl/N-ethyl adjacent to an activating group) is 1. The van der Waals surface area contributed by atoms with E-state index in [4.69, 9.17) is 29.3 Å². The van der Waals surface area contributed by atoms with Gasteiger partial charge in [-0.05, 0) is 36.4 Å². The van der Waals surface area contributed by atoms with Crippen LogP contribution in [0.1, 0.15) is 5.69 Å². The van der Waals surface area contributed by atoms with Gasteiger partial charge >= 0.3 is 11.9 Å². The molecule has 0 spiro atoms. The fourth-order valence-corrected chi connectivity index (χ4v) is 1.88. The van der Waals surface area contributed by atoms with Crippen molar-refractivity contribution in [3.8, 4) is 11.5 Å². The van der Waals surface area contributed by atoms with Crippen LogP contribution in [0.15, 0.2) is 48.7 Å². The van der Waals surface area contributed by atoms with E-state index >= 15 is 0 Å². The fraction of sp³-hybridized carbons (Fsp3) is 0.263. The zero-order chi connectivity index (χ0) is 20.9. The summed E-state index contributed by atoms with van der Waals surface area (Å²) in [5.74, 6) is -2.31. The Kier molecular flexibility index (Phi) is 9.52. The van der Waals surface area contributed by atoms with Gasteiger partial charge in [-0.1, -0.05) is 6.07 Å². The molecule has 0 atom stereocenters. The van der Waals surface area contributed by atoms with Crippen LogP contribution in [0.4, 0.5) is 0 Å². The third kappa shape index (κ3) is 8.65. The Morgan fingerprint density at radius 2 is 1.61 bits per heavy atom. The van der Waals surface area contributed by atoms with Gasteiger partial charge in [-0.2, -0.15) is 0 Å². The van der Waals surface area contributed by atoms with Gasteiger partial charge in [-0.15, -0.1) is 0 Å². The molecule has 1 aromatic carbocycles. The highest BCUT2D eigenvalue weighted by Crippen LogP contribution is 2.16. The molecule has 1 aromatic heterocycles. The zero-order valence-electron chi connectivity index (χ0n) is 15.6. The van der Waals surface area contributed by atoms with Crippen molar-refractivity contribution in [2.75, 3.05) is 27.3 Å². The first-order valence-electron chi connectivity index (χ1n) is 8.20.